The highest BCUT2D eigenvalue weighted by molar-refractivity contribution is 6.04. The van der Waals surface area contributed by atoms with Gasteiger partial charge in [0.25, 0.3) is 5.91 Å². The Bertz CT molecular complexity index is 608. The van der Waals surface area contributed by atoms with Gasteiger partial charge in [-0.1, -0.05) is 19.1 Å². The second-order valence-corrected chi connectivity index (χ2v) is 4.39. The summed E-state index contributed by atoms with van der Waals surface area (Å²) in [5, 5.41) is 2.81. The van der Waals surface area contributed by atoms with Crippen molar-refractivity contribution < 1.29 is 4.79 Å². The number of carbonyl (C=O) groups is 1. The minimum Gasteiger partial charge on any atom is -0.398 e. The molecule has 0 radical (unpaired) electrons. The van der Waals surface area contributed by atoms with Gasteiger partial charge in [0, 0.05) is 17.6 Å². The maximum atomic E-state index is 12.1. The van der Waals surface area contributed by atoms with Crippen LogP contribution in [0.25, 0.3) is 0 Å². The Morgan fingerprint density at radius 1 is 1.37 bits per heavy atom. The highest BCUT2D eigenvalue weighted by Crippen LogP contribution is 2.19. The lowest BCUT2D eigenvalue weighted by Gasteiger charge is -2.09. The number of nitrogens with one attached hydrogen (secondary N) is 1. The topological polar surface area (TPSA) is 68.0 Å². The molecule has 1 amide bonds. The average molecular weight is 255 g/mol. The molecule has 0 saturated heterocycles. The van der Waals surface area contributed by atoms with Gasteiger partial charge >= 0.3 is 0 Å². The molecule has 0 aliphatic heterocycles. The maximum Gasteiger partial charge on any atom is 0.274 e. The first kappa shape index (κ1) is 13.1. The van der Waals surface area contributed by atoms with Crippen molar-refractivity contribution in [2.75, 3.05) is 11.1 Å². The van der Waals surface area contributed by atoms with Crippen LogP contribution in [0.4, 0.5) is 11.4 Å². The third-order valence-electron chi connectivity index (χ3n) is 3.01. The fourth-order valence-electron chi connectivity index (χ4n) is 1.91. The van der Waals surface area contributed by atoms with E-state index in [1.165, 1.54) is 0 Å². The van der Waals surface area contributed by atoms with E-state index in [9.17, 15) is 4.79 Å². The van der Waals surface area contributed by atoms with Crippen molar-refractivity contribution in [3.05, 3.63) is 53.3 Å². The number of aromatic nitrogens is 1. The van der Waals surface area contributed by atoms with Gasteiger partial charge in [0.2, 0.25) is 0 Å². The summed E-state index contributed by atoms with van der Waals surface area (Å²) < 4.78 is 0. The minimum atomic E-state index is -0.221. The molecule has 0 saturated carbocycles. The first-order valence-electron chi connectivity index (χ1n) is 6.23. The van der Waals surface area contributed by atoms with E-state index in [1.54, 1.807) is 18.3 Å². The maximum absolute atomic E-state index is 12.1. The normalized spacial score (nSPS) is 10.2. The Morgan fingerprint density at radius 2 is 2.16 bits per heavy atom. The molecule has 3 N–H and O–H groups in total. The van der Waals surface area contributed by atoms with E-state index in [1.807, 2.05) is 32.0 Å². The van der Waals surface area contributed by atoms with Crippen LogP contribution in [0.1, 0.15) is 28.5 Å². The fraction of sp³-hybridized carbons (Fsp3) is 0.200. The van der Waals surface area contributed by atoms with Gasteiger partial charge in [-0.05, 0) is 42.7 Å². The summed E-state index contributed by atoms with van der Waals surface area (Å²) in [6.07, 6.45) is 2.48. The molecule has 0 atom stereocenters. The van der Waals surface area contributed by atoms with Gasteiger partial charge < -0.3 is 11.1 Å². The van der Waals surface area contributed by atoms with E-state index >= 15 is 0 Å². The highest BCUT2D eigenvalue weighted by atomic mass is 16.1. The third-order valence-corrected chi connectivity index (χ3v) is 3.01. The number of nitrogens with zero attached hydrogens (tertiary/aromatic N) is 1. The molecule has 2 rings (SSSR count). The number of hydrogen-bond donors (Lipinski definition) is 2. The smallest absolute Gasteiger partial charge is 0.274 e. The minimum absolute atomic E-state index is 0.221. The molecular weight excluding hydrogens is 238 g/mol. The summed E-state index contributed by atoms with van der Waals surface area (Å²) in [6.45, 7) is 3.90. The second-order valence-electron chi connectivity index (χ2n) is 4.39. The summed E-state index contributed by atoms with van der Waals surface area (Å²) in [5.41, 5.74) is 9.64. The van der Waals surface area contributed by atoms with Crippen molar-refractivity contribution in [2.24, 2.45) is 0 Å². The van der Waals surface area contributed by atoms with Gasteiger partial charge in [-0.15, -0.1) is 0 Å². The van der Waals surface area contributed by atoms with Crippen LogP contribution in [-0.4, -0.2) is 10.9 Å². The Hall–Kier alpha value is -2.36. The van der Waals surface area contributed by atoms with Gasteiger partial charge in [0.15, 0.2) is 0 Å². The van der Waals surface area contributed by atoms with E-state index in [0.717, 1.165) is 17.5 Å². The van der Waals surface area contributed by atoms with Crippen molar-refractivity contribution in [3.8, 4) is 0 Å². The predicted octanol–water partition coefficient (Wildman–Crippen LogP) is 2.79. The zero-order chi connectivity index (χ0) is 13.8. The molecule has 0 unspecified atom stereocenters. The van der Waals surface area contributed by atoms with Crippen molar-refractivity contribution in [1.82, 2.24) is 4.98 Å². The van der Waals surface area contributed by atoms with Gasteiger partial charge in [0.05, 0.1) is 0 Å². The number of hydrogen-bond acceptors (Lipinski definition) is 3. The third kappa shape index (κ3) is 2.91. The van der Waals surface area contributed by atoms with Crippen LogP contribution in [0.15, 0.2) is 36.5 Å². The van der Waals surface area contributed by atoms with E-state index in [-0.39, 0.29) is 5.91 Å². The average Bonchev–Trinajstić information content (AvgIpc) is 2.39. The quantitative estimate of drug-likeness (QED) is 0.829. The summed E-state index contributed by atoms with van der Waals surface area (Å²) >= 11 is 0. The molecule has 19 heavy (non-hydrogen) atoms. The molecule has 1 aromatic carbocycles. The molecular formula is C15H17N3O. The second kappa shape index (κ2) is 5.52. The van der Waals surface area contributed by atoms with Gasteiger partial charge in [-0.25, -0.2) is 0 Å². The Balaban J connectivity index is 2.20. The highest BCUT2D eigenvalue weighted by Gasteiger charge is 2.10. The van der Waals surface area contributed by atoms with Crippen LogP contribution in [0.3, 0.4) is 0 Å². The van der Waals surface area contributed by atoms with Gasteiger partial charge in [-0.3, -0.25) is 9.78 Å². The SMILES string of the molecule is CCc1ccc(NC(=O)c2ncccc2C)cc1N. The van der Waals surface area contributed by atoms with Crippen molar-refractivity contribution >= 4 is 17.3 Å². The number of aryl methyl sites for hydroxylation is 2. The number of pyridine rings is 1. The summed E-state index contributed by atoms with van der Waals surface area (Å²) in [4.78, 5) is 16.2. The summed E-state index contributed by atoms with van der Waals surface area (Å²) in [7, 11) is 0. The number of benzene rings is 1. The Morgan fingerprint density at radius 3 is 2.79 bits per heavy atom. The van der Waals surface area contributed by atoms with Crippen LogP contribution >= 0.6 is 0 Å². The zero-order valence-corrected chi connectivity index (χ0v) is 11.1. The molecule has 4 heteroatoms. The number of rotatable bonds is 3. The Kier molecular flexibility index (Phi) is 3.80. The zero-order valence-electron chi connectivity index (χ0n) is 11.1. The number of amides is 1. The number of nitrogen functional groups attached to an aromatic ring is 1. The molecule has 98 valence electrons. The number of carbonyl (C=O) groups excluding carboxylic acids is 1. The summed E-state index contributed by atoms with van der Waals surface area (Å²) in [5.74, 6) is -0.221. The molecule has 0 aliphatic carbocycles. The van der Waals surface area contributed by atoms with E-state index in [2.05, 4.69) is 10.3 Å². The lowest BCUT2D eigenvalue weighted by molar-refractivity contribution is 0.102. The first-order chi connectivity index (χ1) is 9.11. The van der Waals surface area contributed by atoms with Crippen LogP contribution in [0.5, 0.6) is 0 Å². The molecule has 1 heterocycles. The van der Waals surface area contributed by atoms with Crippen LogP contribution < -0.4 is 11.1 Å². The molecule has 0 aliphatic rings. The monoisotopic (exact) mass is 255 g/mol. The number of anilines is 2. The molecule has 0 bridgehead atoms. The first-order valence-corrected chi connectivity index (χ1v) is 6.23. The van der Waals surface area contributed by atoms with Crippen LogP contribution in [0.2, 0.25) is 0 Å². The molecule has 0 spiro atoms. The van der Waals surface area contributed by atoms with Crippen molar-refractivity contribution in [3.63, 3.8) is 0 Å². The molecule has 1 aromatic heterocycles. The Labute approximate surface area is 112 Å². The molecule has 2 aromatic rings. The van der Waals surface area contributed by atoms with E-state index in [4.69, 9.17) is 5.73 Å². The lowest BCUT2D eigenvalue weighted by atomic mass is 10.1. The molecule has 4 nitrogen and oxygen atoms in total. The number of nitrogens with two attached hydrogens (primary N) is 1. The standard InChI is InChI=1S/C15H17N3O/c1-3-11-6-7-12(9-13(11)16)18-15(19)14-10(2)5-4-8-17-14/h4-9H,3,16H2,1-2H3,(H,18,19). The lowest BCUT2D eigenvalue weighted by Crippen LogP contribution is -2.15. The van der Waals surface area contributed by atoms with Crippen molar-refractivity contribution in [2.45, 2.75) is 20.3 Å². The van der Waals surface area contributed by atoms with Gasteiger partial charge in [-0.2, -0.15) is 0 Å². The van der Waals surface area contributed by atoms with Crippen molar-refractivity contribution in [1.29, 1.82) is 0 Å². The van der Waals surface area contributed by atoms with Crippen LogP contribution in [-0.2, 0) is 6.42 Å². The fourth-order valence-corrected chi connectivity index (χ4v) is 1.91. The van der Waals surface area contributed by atoms with E-state index in [0.29, 0.717) is 17.1 Å². The largest absolute Gasteiger partial charge is 0.398 e. The summed E-state index contributed by atoms with van der Waals surface area (Å²) in [6, 6.07) is 9.22. The predicted molar refractivity (Wildman–Crippen MR) is 77.2 cm³/mol. The van der Waals surface area contributed by atoms with Gasteiger partial charge in [0.1, 0.15) is 5.69 Å². The van der Waals surface area contributed by atoms with Crippen LogP contribution in [0, 0.1) is 6.92 Å². The van der Waals surface area contributed by atoms with E-state index < -0.39 is 0 Å². The molecule has 0 fully saturated rings.